The number of rotatable bonds is 4. The first-order chi connectivity index (χ1) is 15.3. The molecular formula is C24H18Cl2F2N2O2. The summed E-state index contributed by atoms with van der Waals surface area (Å²) in [6.07, 6.45) is 0.587. The third-order valence-corrected chi connectivity index (χ3v) is 5.98. The first-order valence-electron chi connectivity index (χ1n) is 9.91. The Balaban J connectivity index is 1.52. The van der Waals surface area contributed by atoms with Crippen molar-refractivity contribution in [3.63, 3.8) is 0 Å². The largest absolute Gasteiger partial charge is 0.345 e. The Morgan fingerprint density at radius 2 is 1.81 bits per heavy atom. The smallest absolute Gasteiger partial charge is 0.261 e. The lowest BCUT2D eigenvalue weighted by molar-refractivity contribution is 0.0934. The molecule has 0 radical (unpaired) electrons. The number of nitrogens with zero attached hydrogens (tertiary/aromatic N) is 1. The van der Waals surface area contributed by atoms with Crippen molar-refractivity contribution in [3.8, 4) is 0 Å². The van der Waals surface area contributed by atoms with Crippen molar-refractivity contribution in [3.05, 3.63) is 98.5 Å². The minimum absolute atomic E-state index is 0.0833. The first kappa shape index (κ1) is 22.2. The molecule has 0 saturated carbocycles. The van der Waals surface area contributed by atoms with Crippen LogP contribution in [0, 0.1) is 11.6 Å². The van der Waals surface area contributed by atoms with Gasteiger partial charge in [0.2, 0.25) is 0 Å². The summed E-state index contributed by atoms with van der Waals surface area (Å²) < 4.78 is 28.3. The number of hydrogen-bond acceptors (Lipinski definition) is 2. The predicted octanol–water partition coefficient (Wildman–Crippen LogP) is 5.97. The van der Waals surface area contributed by atoms with Crippen molar-refractivity contribution >= 4 is 40.7 Å². The molecule has 1 N–H and O–H groups in total. The van der Waals surface area contributed by atoms with Gasteiger partial charge in [-0.2, -0.15) is 0 Å². The highest BCUT2D eigenvalue weighted by Gasteiger charge is 2.28. The molecule has 8 heteroatoms. The molecule has 0 fully saturated rings. The summed E-state index contributed by atoms with van der Waals surface area (Å²) in [5, 5.41) is 2.88. The van der Waals surface area contributed by atoms with E-state index in [1.54, 1.807) is 19.1 Å². The van der Waals surface area contributed by atoms with E-state index in [0.717, 1.165) is 17.2 Å². The molecule has 0 unspecified atom stereocenters. The van der Waals surface area contributed by atoms with E-state index in [0.29, 0.717) is 18.7 Å². The van der Waals surface area contributed by atoms with E-state index in [2.05, 4.69) is 5.32 Å². The number of amides is 2. The topological polar surface area (TPSA) is 49.4 Å². The van der Waals surface area contributed by atoms with Gasteiger partial charge in [0, 0.05) is 17.3 Å². The molecule has 0 spiro atoms. The molecule has 1 aliphatic heterocycles. The van der Waals surface area contributed by atoms with Crippen LogP contribution in [-0.4, -0.2) is 18.4 Å². The minimum Gasteiger partial charge on any atom is -0.345 e. The average Bonchev–Trinajstić information content (AvgIpc) is 3.18. The van der Waals surface area contributed by atoms with Crippen LogP contribution in [0.3, 0.4) is 0 Å². The number of benzene rings is 3. The van der Waals surface area contributed by atoms with Crippen LogP contribution in [-0.2, 0) is 6.42 Å². The molecule has 0 saturated heterocycles. The second-order valence-electron chi connectivity index (χ2n) is 7.52. The Kier molecular flexibility index (Phi) is 6.17. The maximum absolute atomic E-state index is 14.3. The standard InChI is InChI=1S/C24H18Cl2F2N2O2/c1-13(29-23(31)17-7-6-16(25)12-20(17)27)14-5-8-21-15(11-14)9-10-30(21)24(32)18-3-2-4-19(26)22(18)28/h2-8,11-13H,9-10H2,1H3,(H,29,31)/t13-/m1/s1. The highest BCUT2D eigenvalue weighted by atomic mass is 35.5. The van der Waals surface area contributed by atoms with E-state index >= 15 is 0 Å². The molecule has 1 aliphatic rings. The number of carbonyl (C=O) groups is 2. The molecular weight excluding hydrogens is 457 g/mol. The van der Waals surface area contributed by atoms with Crippen molar-refractivity contribution in [2.75, 3.05) is 11.4 Å². The fourth-order valence-corrected chi connectivity index (χ4v) is 4.08. The Hall–Kier alpha value is -2.96. The number of carbonyl (C=O) groups excluding carboxylic acids is 2. The van der Waals surface area contributed by atoms with Crippen molar-refractivity contribution in [1.29, 1.82) is 0 Å². The van der Waals surface area contributed by atoms with Gasteiger partial charge in [-0.15, -0.1) is 0 Å². The third kappa shape index (κ3) is 4.20. The number of nitrogens with one attached hydrogen (secondary N) is 1. The van der Waals surface area contributed by atoms with E-state index in [-0.39, 0.29) is 21.2 Å². The van der Waals surface area contributed by atoms with Gasteiger partial charge in [0.05, 0.1) is 22.2 Å². The van der Waals surface area contributed by atoms with Crippen LogP contribution in [0.5, 0.6) is 0 Å². The van der Waals surface area contributed by atoms with E-state index in [9.17, 15) is 18.4 Å². The zero-order valence-corrected chi connectivity index (χ0v) is 18.5. The minimum atomic E-state index is -0.741. The second kappa shape index (κ2) is 8.88. The molecule has 4 nitrogen and oxygen atoms in total. The summed E-state index contributed by atoms with van der Waals surface area (Å²) in [5.74, 6) is -2.45. The maximum atomic E-state index is 14.3. The SMILES string of the molecule is C[C@@H](NC(=O)c1ccc(Cl)cc1F)c1ccc2c(c1)CCN2C(=O)c1cccc(Cl)c1F. The Labute approximate surface area is 193 Å². The molecule has 1 heterocycles. The van der Waals surface area contributed by atoms with E-state index in [1.165, 1.54) is 35.2 Å². The zero-order chi connectivity index (χ0) is 23.0. The van der Waals surface area contributed by atoms with E-state index < -0.39 is 29.5 Å². The monoisotopic (exact) mass is 474 g/mol. The fraction of sp³-hybridized carbons (Fsp3) is 0.167. The van der Waals surface area contributed by atoms with E-state index in [1.807, 2.05) is 6.07 Å². The fourth-order valence-electron chi connectivity index (χ4n) is 3.75. The van der Waals surface area contributed by atoms with Crippen LogP contribution >= 0.6 is 23.2 Å². The number of halogens is 4. The predicted molar refractivity (Wildman–Crippen MR) is 121 cm³/mol. The molecule has 0 bridgehead atoms. The lowest BCUT2D eigenvalue weighted by Gasteiger charge is -2.19. The zero-order valence-electron chi connectivity index (χ0n) is 17.0. The van der Waals surface area contributed by atoms with Gasteiger partial charge < -0.3 is 10.2 Å². The Bertz CT molecular complexity index is 1230. The summed E-state index contributed by atoms with van der Waals surface area (Å²) >= 11 is 11.6. The second-order valence-corrected chi connectivity index (χ2v) is 8.36. The van der Waals surface area contributed by atoms with E-state index in [4.69, 9.17) is 23.2 Å². The average molecular weight is 475 g/mol. The Morgan fingerprint density at radius 1 is 1.03 bits per heavy atom. The van der Waals surface area contributed by atoms with Gasteiger partial charge in [-0.1, -0.05) is 41.4 Å². The van der Waals surface area contributed by atoms with Gasteiger partial charge in [0.15, 0.2) is 5.82 Å². The highest BCUT2D eigenvalue weighted by Crippen LogP contribution is 2.32. The highest BCUT2D eigenvalue weighted by molar-refractivity contribution is 6.31. The van der Waals surface area contributed by atoms with Crippen LogP contribution in [0.25, 0.3) is 0 Å². The van der Waals surface area contributed by atoms with Crippen molar-refractivity contribution in [1.82, 2.24) is 5.32 Å². The van der Waals surface area contributed by atoms with Gasteiger partial charge in [-0.05, 0) is 60.9 Å². The van der Waals surface area contributed by atoms with Gasteiger partial charge in [0.25, 0.3) is 11.8 Å². The molecule has 164 valence electrons. The van der Waals surface area contributed by atoms with Crippen LogP contribution < -0.4 is 10.2 Å². The van der Waals surface area contributed by atoms with Gasteiger partial charge in [-0.3, -0.25) is 9.59 Å². The first-order valence-corrected chi connectivity index (χ1v) is 10.7. The molecule has 3 aromatic carbocycles. The molecule has 4 rings (SSSR count). The molecule has 2 amide bonds. The normalized spacial score (nSPS) is 13.6. The lowest BCUT2D eigenvalue weighted by atomic mass is 10.0. The summed E-state index contributed by atoms with van der Waals surface area (Å²) in [4.78, 5) is 26.9. The van der Waals surface area contributed by atoms with Crippen LogP contribution in [0.1, 0.15) is 44.8 Å². The van der Waals surface area contributed by atoms with Crippen LogP contribution in [0.2, 0.25) is 10.0 Å². The summed E-state index contributed by atoms with van der Waals surface area (Å²) in [6, 6.07) is 13.2. The number of hydrogen-bond donors (Lipinski definition) is 1. The van der Waals surface area contributed by atoms with Crippen molar-refractivity contribution in [2.24, 2.45) is 0 Å². The van der Waals surface area contributed by atoms with Gasteiger partial charge >= 0.3 is 0 Å². The molecule has 3 aromatic rings. The van der Waals surface area contributed by atoms with Gasteiger partial charge in [0.1, 0.15) is 5.82 Å². The number of fused-ring (bicyclic) bond motifs is 1. The number of anilines is 1. The molecule has 0 aliphatic carbocycles. The molecule has 32 heavy (non-hydrogen) atoms. The third-order valence-electron chi connectivity index (χ3n) is 5.45. The summed E-state index contributed by atoms with van der Waals surface area (Å²) in [6.45, 7) is 2.19. The van der Waals surface area contributed by atoms with Crippen molar-refractivity contribution in [2.45, 2.75) is 19.4 Å². The van der Waals surface area contributed by atoms with Crippen molar-refractivity contribution < 1.29 is 18.4 Å². The molecule has 0 aromatic heterocycles. The Morgan fingerprint density at radius 3 is 2.56 bits per heavy atom. The molecule has 1 atom stereocenters. The van der Waals surface area contributed by atoms with Crippen LogP contribution in [0.15, 0.2) is 54.6 Å². The lowest BCUT2D eigenvalue weighted by Crippen LogP contribution is -2.29. The van der Waals surface area contributed by atoms with Crippen LogP contribution in [0.4, 0.5) is 14.5 Å². The quantitative estimate of drug-likeness (QED) is 0.506. The summed E-state index contributed by atoms with van der Waals surface area (Å²) in [5.41, 5.74) is 2.20. The maximum Gasteiger partial charge on any atom is 0.261 e. The summed E-state index contributed by atoms with van der Waals surface area (Å²) in [7, 11) is 0. The van der Waals surface area contributed by atoms with Gasteiger partial charge in [-0.25, -0.2) is 8.78 Å².